The van der Waals surface area contributed by atoms with Gasteiger partial charge in [0, 0.05) is 0 Å². The molecule has 1 aromatic carbocycles. The van der Waals surface area contributed by atoms with Crippen molar-refractivity contribution in [3.8, 4) is 0 Å². The van der Waals surface area contributed by atoms with Gasteiger partial charge in [0.25, 0.3) is 5.91 Å². The molecule has 128 valence electrons. The average Bonchev–Trinajstić information content (AvgIpc) is 2.93. The van der Waals surface area contributed by atoms with E-state index < -0.39 is 6.03 Å². The summed E-state index contributed by atoms with van der Waals surface area (Å²) < 4.78 is 0. The molecule has 2 N–H and O–H groups in total. The molecule has 24 heavy (non-hydrogen) atoms. The van der Waals surface area contributed by atoms with Crippen LogP contribution in [0.25, 0.3) is 0 Å². The van der Waals surface area contributed by atoms with Crippen LogP contribution < -0.4 is 10.6 Å². The normalized spacial score (nSPS) is 19.9. The quantitative estimate of drug-likeness (QED) is 0.811. The van der Waals surface area contributed by atoms with Crippen molar-refractivity contribution in [3.63, 3.8) is 0 Å². The maximum atomic E-state index is 12.4. The van der Waals surface area contributed by atoms with Crippen LogP contribution in [0.4, 0.5) is 4.79 Å². The molecule has 2 aliphatic rings. The standard InChI is InChI=1S/C18H23N3O3/c22-15(12-21-16(23)11-19-18(21)24)20-17(13-7-3-1-4-8-13)14-9-5-2-6-10-14/h1,3-4,7-8,14,17H,2,5-6,9-12H2,(H,19,24)(H,20,22)/t17-/m0/s1. The van der Waals surface area contributed by atoms with Crippen LogP contribution in [0.15, 0.2) is 30.3 Å². The zero-order chi connectivity index (χ0) is 16.9. The molecule has 6 heteroatoms. The molecular weight excluding hydrogens is 306 g/mol. The molecule has 1 aliphatic heterocycles. The van der Waals surface area contributed by atoms with E-state index in [1.807, 2.05) is 30.3 Å². The van der Waals surface area contributed by atoms with Gasteiger partial charge in [0.05, 0.1) is 12.6 Å². The van der Waals surface area contributed by atoms with Crippen molar-refractivity contribution in [2.45, 2.75) is 38.1 Å². The van der Waals surface area contributed by atoms with Gasteiger partial charge in [-0.2, -0.15) is 0 Å². The van der Waals surface area contributed by atoms with Crippen molar-refractivity contribution >= 4 is 17.8 Å². The summed E-state index contributed by atoms with van der Waals surface area (Å²) in [5.41, 5.74) is 1.08. The highest BCUT2D eigenvalue weighted by Gasteiger charge is 2.32. The van der Waals surface area contributed by atoms with E-state index in [1.54, 1.807) is 0 Å². The molecule has 0 bridgehead atoms. The molecule has 1 aliphatic carbocycles. The Morgan fingerprint density at radius 3 is 2.50 bits per heavy atom. The summed E-state index contributed by atoms with van der Waals surface area (Å²) in [6.45, 7) is -0.252. The number of imide groups is 1. The van der Waals surface area contributed by atoms with E-state index in [1.165, 1.54) is 19.3 Å². The summed E-state index contributed by atoms with van der Waals surface area (Å²) in [6, 6.07) is 9.37. The summed E-state index contributed by atoms with van der Waals surface area (Å²) in [4.78, 5) is 36.6. The van der Waals surface area contributed by atoms with Crippen molar-refractivity contribution in [3.05, 3.63) is 35.9 Å². The number of benzene rings is 1. The summed E-state index contributed by atoms with van der Waals surface area (Å²) in [7, 11) is 0. The fourth-order valence-electron chi connectivity index (χ4n) is 3.58. The number of rotatable bonds is 5. The van der Waals surface area contributed by atoms with E-state index in [2.05, 4.69) is 10.6 Å². The first-order valence-corrected chi connectivity index (χ1v) is 8.57. The van der Waals surface area contributed by atoms with Crippen LogP contribution in [-0.2, 0) is 9.59 Å². The first-order chi connectivity index (χ1) is 11.6. The minimum Gasteiger partial charge on any atom is -0.347 e. The number of hydrogen-bond donors (Lipinski definition) is 2. The van der Waals surface area contributed by atoms with Crippen LogP contribution in [0.3, 0.4) is 0 Å². The predicted molar refractivity (Wildman–Crippen MR) is 89.0 cm³/mol. The highest BCUT2D eigenvalue weighted by Crippen LogP contribution is 2.34. The van der Waals surface area contributed by atoms with E-state index in [0.29, 0.717) is 5.92 Å². The zero-order valence-electron chi connectivity index (χ0n) is 13.7. The maximum Gasteiger partial charge on any atom is 0.325 e. The van der Waals surface area contributed by atoms with Crippen LogP contribution in [0.5, 0.6) is 0 Å². The number of hydrogen-bond acceptors (Lipinski definition) is 3. The highest BCUT2D eigenvalue weighted by molar-refractivity contribution is 6.04. The van der Waals surface area contributed by atoms with Gasteiger partial charge < -0.3 is 10.6 Å². The minimum atomic E-state index is -0.496. The SMILES string of the molecule is O=C(CN1C(=O)CNC1=O)N[C@@H](c1ccccc1)C1CCCCC1. The zero-order valence-corrected chi connectivity index (χ0v) is 13.7. The Labute approximate surface area is 141 Å². The van der Waals surface area contributed by atoms with Gasteiger partial charge in [-0.3, -0.25) is 14.5 Å². The third-order valence-corrected chi connectivity index (χ3v) is 4.84. The molecule has 6 nitrogen and oxygen atoms in total. The minimum absolute atomic E-state index is 0.0309. The molecule has 1 saturated carbocycles. The lowest BCUT2D eigenvalue weighted by atomic mass is 9.81. The van der Waals surface area contributed by atoms with Crippen LogP contribution in [-0.4, -0.2) is 35.8 Å². The Bertz CT molecular complexity index is 595. The second kappa shape index (κ2) is 7.47. The summed E-state index contributed by atoms with van der Waals surface area (Å²) >= 11 is 0. The molecule has 0 aromatic heterocycles. The molecule has 1 saturated heterocycles. The Hall–Kier alpha value is -2.37. The van der Waals surface area contributed by atoms with Gasteiger partial charge in [-0.05, 0) is 24.3 Å². The molecule has 3 rings (SSSR count). The van der Waals surface area contributed by atoms with E-state index in [9.17, 15) is 14.4 Å². The smallest absolute Gasteiger partial charge is 0.325 e. The third-order valence-electron chi connectivity index (χ3n) is 4.84. The van der Waals surface area contributed by atoms with Crippen LogP contribution in [0.2, 0.25) is 0 Å². The van der Waals surface area contributed by atoms with Crippen molar-refractivity contribution in [1.29, 1.82) is 0 Å². The van der Waals surface area contributed by atoms with Crippen molar-refractivity contribution in [1.82, 2.24) is 15.5 Å². The van der Waals surface area contributed by atoms with E-state index in [0.717, 1.165) is 23.3 Å². The molecular formula is C18H23N3O3. The van der Waals surface area contributed by atoms with Gasteiger partial charge in [-0.15, -0.1) is 0 Å². The van der Waals surface area contributed by atoms with Gasteiger partial charge in [0.1, 0.15) is 6.54 Å². The third kappa shape index (κ3) is 3.75. The van der Waals surface area contributed by atoms with Gasteiger partial charge in [0.15, 0.2) is 0 Å². The number of urea groups is 1. The molecule has 0 radical (unpaired) electrons. The van der Waals surface area contributed by atoms with Gasteiger partial charge in [-0.1, -0.05) is 49.6 Å². The van der Waals surface area contributed by atoms with Crippen LogP contribution >= 0.6 is 0 Å². The molecule has 0 spiro atoms. The van der Waals surface area contributed by atoms with Crippen LogP contribution in [0.1, 0.15) is 43.7 Å². The largest absolute Gasteiger partial charge is 0.347 e. The number of amides is 4. The molecule has 2 fully saturated rings. The first-order valence-electron chi connectivity index (χ1n) is 8.57. The van der Waals surface area contributed by atoms with Crippen LogP contribution in [0, 0.1) is 5.92 Å². The fraction of sp³-hybridized carbons (Fsp3) is 0.500. The topological polar surface area (TPSA) is 78.5 Å². The fourth-order valence-corrected chi connectivity index (χ4v) is 3.58. The number of carbonyl (C=O) groups is 3. The Morgan fingerprint density at radius 2 is 1.88 bits per heavy atom. The Morgan fingerprint density at radius 1 is 1.17 bits per heavy atom. The van der Waals surface area contributed by atoms with E-state index in [4.69, 9.17) is 0 Å². The van der Waals surface area contributed by atoms with Gasteiger partial charge >= 0.3 is 6.03 Å². The van der Waals surface area contributed by atoms with Crippen molar-refractivity contribution in [2.75, 3.05) is 13.1 Å². The first kappa shape index (κ1) is 16.5. The number of carbonyl (C=O) groups excluding carboxylic acids is 3. The number of nitrogens with zero attached hydrogens (tertiary/aromatic N) is 1. The second-order valence-corrected chi connectivity index (χ2v) is 6.49. The predicted octanol–water partition coefficient (Wildman–Crippen LogP) is 1.98. The second-order valence-electron chi connectivity index (χ2n) is 6.49. The van der Waals surface area contributed by atoms with Gasteiger partial charge in [-0.25, -0.2) is 4.79 Å². The lowest BCUT2D eigenvalue weighted by molar-refractivity contribution is -0.131. The van der Waals surface area contributed by atoms with E-state index >= 15 is 0 Å². The molecule has 0 unspecified atom stereocenters. The molecule has 1 atom stereocenters. The summed E-state index contributed by atoms with van der Waals surface area (Å²) in [5, 5.41) is 5.49. The molecule has 4 amide bonds. The average molecular weight is 329 g/mol. The highest BCUT2D eigenvalue weighted by atomic mass is 16.2. The van der Waals surface area contributed by atoms with E-state index in [-0.39, 0.29) is 30.9 Å². The van der Waals surface area contributed by atoms with Crippen molar-refractivity contribution in [2.24, 2.45) is 5.92 Å². The monoisotopic (exact) mass is 329 g/mol. The summed E-state index contributed by atoms with van der Waals surface area (Å²) in [6.07, 6.45) is 5.77. The Kier molecular flexibility index (Phi) is 5.13. The maximum absolute atomic E-state index is 12.4. The lowest BCUT2D eigenvalue weighted by Crippen LogP contribution is -2.43. The summed E-state index contributed by atoms with van der Waals surface area (Å²) in [5.74, 6) is -0.253. The molecule has 1 aromatic rings. The number of nitrogens with one attached hydrogen (secondary N) is 2. The Balaban J connectivity index is 1.70. The molecule has 1 heterocycles. The van der Waals surface area contributed by atoms with Crippen molar-refractivity contribution < 1.29 is 14.4 Å². The van der Waals surface area contributed by atoms with Gasteiger partial charge in [0.2, 0.25) is 5.91 Å². The lowest BCUT2D eigenvalue weighted by Gasteiger charge is -2.31.